The van der Waals surface area contributed by atoms with Gasteiger partial charge in [0.25, 0.3) is 0 Å². The molecule has 2 atom stereocenters. The normalized spacial score (nSPS) is 40.9. The second-order valence-electron chi connectivity index (χ2n) is 3.41. The Balaban J connectivity index is 1.97. The highest BCUT2D eigenvalue weighted by Crippen LogP contribution is 2.23. The molecule has 2 unspecified atom stereocenters. The number of halogens is 1. The van der Waals surface area contributed by atoms with Gasteiger partial charge in [0.05, 0.1) is 6.10 Å². The minimum absolute atomic E-state index is 0.0668. The topological polar surface area (TPSA) is 26.7 Å². The van der Waals surface area contributed by atoms with Crippen LogP contribution in [0.2, 0.25) is 0 Å². The van der Waals surface area contributed by atoms with Crippen molar-refractivity contribution in [1.29, 1.82) is 0 Å². The zero-order chi connectivity index (χ0) is 7.84. The Hall–Kier alpha value is 0.610. The molecule has 2 rings (SSSR count). The minimum atomic E-state index is -0.0668. The second kappa shape index (κ2) is 3.16. The van der Waals surface area contributed by atoms with Crippen LogP contribution >= 0.6 is 22.9 Å². The fraction of sp³-hybridized carbons (Fsp3) is 1.00. The van der Waals surface area contributed by atoms with E-state index in [1.807, 2.05) is 0 Å². The molecule has 0 amide bonds. The molecular formula is C7H13IN2O. The van der Waals surface area contributed by atoms with Crippen LogP contribution in [0.15, 0.2) is 0 Å². The molecule has 0 aromatic heterocycles. The van der Waals surface area contributed by atoms with Gasteiger partial charge in [-0.25, -0.2) is 3.11 Å². The molecule has 11 heavy (non-hydrogen) atoms. The van der Waals surface area contributed by atoms with E-state index in [0.717, 1.165) is 32.6 Å². The molecule has 0 aromatic carbocycles. The van der Waals surface area contributed by atoms with Crippen LogP contribution in [0.5, 0.6) is 0 Å². The Morgan fingerprint density at radius 3 is 2.91 bits per heavy atom. The molecule has 0 bridgehead atoms. The molecule has 2 saturated heterocycles. The molecule has 2 fully saturated rings. The van der Waals surface area contributed by atoms with Gasteiger partial charge in [0.2, 0.25) is 0 Å². The third-order valence-corrected chi connectivity index (χ3v) is 3.42. The molecule has 2 aliphatic heterocycles. The average molecular weight is 268 g/mol. The predicted octanol–water partition coefficient (Wildman–Crippen LogP) is 0.0872. The van der Waals surface area contributed by atoms with Crippen molar-refractivity contribution in [3.63, 3.8) is 0 Å². The molecule has 0 spiro atoms. The van der Waals surface area contributed by atoms with Crippen LogP contribution in [0.4, 0.5) is 0 Å². The Morgan fingerprint density at radius 1 is 1.27 bits per heavy atom. The largest absolute Gasteiger partial charge is 0.392 e. The first kappa shape index (κ1) is 8.22. The number of nitrogens with zero attached hydrogens (tertiary/aromatic N) is 2. The summed E-state index contributed by atoms with van der Waals surface area (Å²) in [6.07, 6.45) is 0.905. The zero-order valence-corrected chi connectivity index (χ0v) is 8.57. The van der Waals surface area contributed by atoms with E-state index < -0.39 is 0 Å². The van der Waals surface area contributed by atoms with Crippen molar-refractivity contribution in [3.05, 3.63) is 0 Å². The Bertz CT molecular complexity index is 155. The van der Waals surface area contributed by atoms with Crippen LogP contribution in [-0.2, 0) is 0 Å². The van der Waals surface area contributed by atoms with Gasteiger partial charge in [0.15, 0.2) is 0 Å². The van der Waals surface area contributed by atoms with Crippen LogP contribution in [0.3, 0.4) is 0 Å². The van der Waals surface area contributed by atoms with Crippen LogP contribution in [0.1, 0.15) is 6.42 Å². The molecule has 0 aromatic rings. The van der Waals surface area contributed by atoms with Crippen LogP contribution in [0.25, 0.3) is 0 Å². The van der Waals surface area contributed by atoms with Crippen molar-refractivity contribution >= 4 is 22.9 Å². The standard InChI is InChI=1S/C7H13IN2O/c8-10-2-1-9-5-7(11)3-6(9)4-10/h6-7,11H,1-5H2. The molecule has 0 radical (unpaired) electrons. The molecule has 4 heteroatoms. The number of piperazine rings is 1. The number of rotatable bonds is 0. The first-order valence-corrected chi connectivity index (χ1v) is 5.05. The highest BCUT2D eigenvalue weighted by molar-refractivity contribution is 14.1. The Labute approximate surface area is 80.8 Å². The summed E-state index contributed by atoms with van der Waals surface area (Å²) in [7, 11) is 0. The lowest BCUT2D eigenvalue weighted by molar-refractivity contribution is 0.157. The van der Waals surface area contributed by atoms with Crippen LogP contribution < -0.4 is 0 Å². The van der Waals surface area contributed by atoms with Crippen molar-refractivity contribution in [2.45, 2.75) is 18.6 Å². The molecular weight excluding hydrogens is 255 g/mol. The van der Waals surface area contributed by atoms with E-state index in [1.54, 1.807) is 0 Å². The molecule has 0 aliphatic carbocycles. The second-order valence-corrected chi connectivity index (χ2v) is 4.77. The number of hydrogen-bond acceptors (Lipinski definition) is 3. The lowest BCUT2D eigenvalue weighted by atomic mass is 10.2. The summed E-state index contributed by atoms with van der Waals surface area (Å²) in [5.74, 6) is 0. The van der Waals surface area contributed by atoms with E-state index >= 15 is 0 Å². The number of aliphatic hydroxyl groups excluding tert-OH is 1. The molecule has 0 saturated carbocycles. The van der Waals surface area contributed by atoms with E-state index in [2.05, 4.69) is 30.9 Å². The quantitative estimate of drug-likeness (QED) is 0.498. The summed E-state index contributed by atoms with van der Waals surface area (Å²) < 4.78 is 2.32. The number of fused-ring (bicyclic) bond motifs is 1. The van der Waals surface area contributed by atoms with Crippen molar-refractivity contribution in [3.8, 4) is 0 Å². The maximum Gasteiger partial charge on any atom is 0.0682 e. The van der Waals surface area contributed by atoms with E-state index in [-0.39, 0.29) is 6.10 Å². The van der Waals surface area contributed by atoms with Crippen LogP contribution in [-0.4, -0.2) is 51.4 Å². The highest BCUT2D eigenvalue weighted by Gasteiger charge is 2.34. The smallest absolute Gasteiger partial charge is 0.0682 e. The molecule has 64 valence electrons. The summed E-state index contributed by atoms with van der Waals surface area (Å²) in [6.45, 7) is 4.29. The van der Waals surface area contributed by atoms with Gasteiger partial charge in [-0.15, -0.1) is 0 Å². The maximum absolute atomic E-state index is 9.38. The monoisotopic (exact) mass is 268 g/mol. The first-order valence-electron chi connectivity index (χ1n) is 4.08. The fourth-order valence-corrected chi connectivity index (χ4v) is 2.65. The Kier molecular flexibility index (Phi) is 2.36. The van der Waals surface area contributed by atoms with Gasteiger partial charge in [-0.2, -0.15) is 0 Å². The summed E-state index contributed by atoms with van der Waals surface area (Å²) in [6, 6.07) is 0.621. The van der Waals surface area contributed by atoms with Crippen molar-refractivity contribution in [1.82, 2.24) is 8.01 Å². The number of aliphatic hydroxyl groups is 1. The van der Waals surface area contributed by atoms with Crippen molar-refractivity contribution < 1.29 is 5.11 Å². The lowest BCUT2D eigenvalue weighted by Crippen LogP contribution is -2.46. The lowest BCUT2D eigenvalue weighted by Gasteiger charge is -2.33. The SMILES string of the molecule is OC1CC2CN(I)CCN2C1. The third kappa shape index (κ3) is 1.68. The highest BCUT2D eigenvalue weighted by atomic mass is 127. The third-order valence-electron chi connectivity index (χ3n) is 2.54. The zero-order valence-electron chi connectivity index (χ0n) is 6.41. The number of hydrogen-bond donors (Lipinski definition) is 1. The summed E-state index contributed by atoms with van der Waals surface area (Å²) in [5, 5.41) is 9.38. The van der Waals surface area contributed by atoms with E-state index in [4.69, 9.17) is 0 Å². The van der Waals surface area contributed by atoms with Crippen molar-refractivity contribution in [2.75, 3.05) is 26.2 Å². The first-order chi connectivity index (χ1) is 5.25. The minimum Gasteiger partial charge on any atom is -0.392 e. The molecule has 2 heterocycles. The summed E-state index contributed by atoms with van der Waals surface area (Å²) in [4.78, 5) is 2.40. The van der Waals surface area contributed by atoms with E-state index in [9.17, 15) is 5.11 Å². The van der Waals surface area contributed by atoms with Gasteiger partial charge in [0.1, 0.15) is 0 Å². The van der Waals surface area contributed by atoms with Gasteiger partial charge in [-0.3, -0.25) is 4.90 Å². The maximum atomic E-state index is 9.38. The van der Waals surface area contributed by atoms with Gasteiger partial charge >= 0.3 is 0 Å². The molecule has 3 nitrogen and oxygen atoms in total. The predicted molar refractivity (Wildman–Crippen MR) is 51.6 cm³/mol. The summed E-state index contributed by atoms with van der Waals surface area (Å²) >= 11 is 2.37. The van der Waals surface area contributed by atoms with Gasteiger partial charge in [-0.1, -0.05) is 0 Å². The molecule has 1 N–H and O–H groups in total. The fourth-order valence-electron chi connectivity index (χ4n) is 1.98. The van der Waals surface area contributed by atoms with Crippen molar-refractivity contribution in [2.24, 2.45) is 0 Å². The van der Waals surface area contributed by atoms with Gasteiger partial charge < -0.3 is 5.11 Å². The van der Waals surface area contributed by atoms with E-state index in [1.165, 1.54) is 0 Å². The van der Waals surface area contributed by atoms with Crippen LogP contribution in [0, 0.1) is 0 Å². The average Bonchev–Trinajstić information content (AvgIpc) is 2.27. The molecule has 2 aliphatic rings. The van der Waals surface area contributed by atoms with Gasteiger partial charge in [-0.05, 0) is 6.42 Å². The van der Waals surface area contributed by atoms with Gasteiger partial charge in [0, 0.05) is 55.1 Å². The Morgan fingerprint density at radius 2 is 2.09 bits per heavy atom. The van der Waals surface area contributed by atoms with E-state index in [0.29, 0.717) is 6.04 Å². The summed E-state index contributed by atoms with van der Waals surface area (Å²) in [5.41, 5.74) is 0.